The average Bonchev–Trinajstić information content (AvgIpc) is 2.95. The number of rotatable bonds is 4. The van der Waals surface area contributed by atoms with Gasteiger partial charge in [0.2, 0.25) is 5.95 Å². The highest BCUT2D eigenvalue weighted by Crippen LogP contribution is 2.18. The van der Waals surface area contributed by atoms with Crippen LogP contribution in [0.15, 0.2) is 30.9 Å². The molecular weight excluding hydrogens is 264 g/mol. The fraction of sp³-hybridized carbons (Fsp3) is 0.533. The van der Waals surface area contributed by atoms with Gasteiger partial charge in [-0.15, -0.1) is 0 Å². The first kappa shape index (κ1) is 14.0. The van der Waals surface area contributed by atoms with E-state index in [-0.39, 0.29) is 0 Å². The largest absolute Gasteiger partial charge is 0.339 e. The summed E-state index contributed by atoms with van der Waals surface area (Å²) in [6.45, 7) is 4.17. The van der Waals surface area contributed by atoms with Gasteiger partial charge >= 0.3 is 0 Å². The summed E-state index contributed by atoms with van der Waals surface area (Å²) < 4.78 is 1.85. The van der Waals surface area contributed by atoms with Crippen molar-refractivity contribution in [2.45, 2.75) is 31.8 Å². The van der Waals surface area contributed by atoms with E-state index < -0.39 is 0 Å². The van der Waals surface area contributed by atoms with E-state index in [0.29, 0.717) is 12.1 Å². The van der Waals surface area contributed by atoms with Gasteiger partial charge in [-0.2, -0.15) is 5.10 Å². The Bertz CT molecular complexity index is 567. The normalized spacial score (nSPS) is 20.5. The molecule has 0 spiro atoms. The number of anilines is 1. The number of hydrogen-bond acceptors (Lipinski definition) is 5. The molecule has 0 radical (unpaired) electrons. The highest BCUT2D eigenvalue weighted by molar-refractivity contribution is 5.29. The molecule has 3 rings (SSSR count). The predicted molar refractivity (Wildman–Crippen MR) is 82.0 cm³/mol. The topological polar surface area (TPSA) is 58.9 Å². The molecule has 1 aliphatic rings. The van der Waals surface area contributed by atoms with Crippen molar-refractivity contribution in [1.29, 1.82) is 0 Å². The predicted octanol–water partition coefficient (Wildman–Crippen LogP) is 1.53. The fourth-order valence-corrected chi connectivity index (χ4v) is 2.86. The van der Waals surface area contributed by atoms with E-state index in [1.54, 1.807) is 12.4 Å². The number of aromatic nitrogens is 4. The van der Waals surface area contributed by atoms with Crippen LogP contribution in [0, 0.1) is 0 Å². The van der Waals surface area contributed by atoms with Crippen LogP contribution in [0.2, 0.25) is 0 Å². The number of hydrogen-bond donors (Lipinski definition) is 1. The molecule has 2 aromatic rings. The molecular formula is C15H22N6. The van der Waals surface area contributed by atoms with Crippen molar-refractivity contribution in [2.24, 2.45) is 7.05 Å². The average molecular weight is 286 g/mol. The SMILES string of the molecule is CC(NC1CCCN(c2ncccn2)C1)c1cnn(C)c1. The second-order valence-electron chi connectivity index (χ2n) is 5.67. The highest BCUT2D eigenvalue weighted by atomic mass is 15.3. The molecule has 0 amide bonds. The van der Waals surface area contributed by atoms with Crippen molar-refractivity contribution >= 4 is 5.95 Å². The summed E-state index contributed by atoms with van der Waals surface area (Å²) in [6, 6.07) is 2.62. The minimum atomic E-state index is 0.306. The van der Waals surface area contributed by atoms with Crippen LogP contribution in [-0.2, 0) is 7.05 Å². The molecule has 0 aromatic carbocycles. The Labute approximate surface area is 125 Å². The first-order chi connectivity index (χ1) is 10.2. The molecule has 2 unspecified atom stereocenters. The Balaban J connectivity index is 1.61. The van der Waals surface area contributed by atoms with Crippen molar-refractivity contribution in [3.8, 4) is 0 Å². The van der Waals surface area contributed by atoms with E-state index in [1.807, 2.05) is 24.0 Å². The van der Waals surface area contributed by atoms with E-state index in [1.165, 1.54) is 12.0 Å². The van der Waals surface area contributed by atoms with Crippen LogP contribution >= 0.6 is 0 Å². The quantitative estimate of drug-likeness (QED) is 0.923. The fourth-order valence-electron chi connectivity index (χ4n) is 2.86. The molecule has 21 heavy (non-hydrogen) atoms. The molecule has 1 saturated heterocycles. The molecule has 0 aliphatic carbocycles. The van der Waals surface area contributed by atoms with Gasteiger partial charge in [0.25, 0.3) is 0 Å². The van der Waals surface area contributed by atoms with Crippen molar-refractivity contribution in [3.05, 3.63) is 36.4 Å². The summed E-state index contributed by atoms with van der Waals surface area (Å²) in [6.07, 6.45) is 9.95. The molecule has 1 N–H and O–H groups in total. The second-order valence-corrected chi connectivity index (χ2v) is 5.67. The van der Waals surface area contributed by atoms with E-state index >= 15 is 0 Å². The molecule has 0 bridgehead atoms. The number of aryl methyl sites for hydroxylation is 1. The smallest absolute Gasteiger partial charge is 0.225 e. The molecule has 0 saturated carbocycles. The van der Waals surface area contributed by atoms with Crippen LogP contribution in [0.3, 0.4) is 0 Å². The van der Waals surface area contributed by atoms with Crippen molar-refractivity contribution < 1.29 is 0 Å². The Morgan fingerprint density at radius 2 is 2.14 bits per heavy atom. The second kappa shape index (κ2) is 6.22. The van der Waals surface area contributed by atoms with Crippen LogP contribution < -0.4 is 10.2 Å². The lowest BCUT2D eigenvalue weighted by atomic mass is 10.0. The molecule has 3 heterocycles. The van der Waals surface area contributed by atoms with Crippen molar-refractivity contribution in [1.82, 2.24) is 25.1 Å². The van der Waals surface area contributed by atoms with Crippen LogP contribution in [-0.4, -0.2) is 38.9 Å². The first-order valence-electron chi connectivity index (χ1n) is 7.49. The maximum absolute atomic E-state index is 4.35. The Kier molecular flexibility index (Phi) is 4.15. The Morgan fingerprint density at radius 1 is 1.33 bits per heavy atom. The zero-order valence-corrected chi connectivity index (χ0v) is 12.6. The lowest BCUT2D eigenvalue weighted by Crippen LogP contribution is -2.47. The van der Waals surface area contributed by atoms with Gasteiger partial charge in [0.1, 0.15) is 0 Å². The summed E-state index contributed by atoms with van der Waals surface area (Å²) in [4.78, 5) is 11.0. The summed E-state index contributed by atoms with van der Waals surface area (Å²) in [7, 11) is 1.95. The van der Waals surface area contributed by atoms with E-state index in [2.05, 4.69) is 38.4 Å². The summed E-state index contributed by atoms with van der Waals surface area (Å²) >= 11 is 0. The lowest BCUT2D eigenvalue weighted by Gasteiger charge is -2.34. The van der Waals surface area contributed by atoms with Gasteiger partial charge in [-0.05, 0) is 25.8 Å². The van der Waals surface area contributed by atoms with Crippen molar-refractivity contribution in [2.75, 3.05) is 18.0 Å². The Morgan fingerprint density at radius 3 is 2.86 bits per heavy atom. The van der Waals surface area contributed by atoms with Crippen molar-refractivity contribution in [3.63, 3.8) is 0 Å². The zero-order chi connectivity index (χ0) is 14.7. The molecule has 1 fully saturated rings. The monoisotopic (exact) mass is 286 g/mol. The third-order valence-corrected chi connectivity index (χ3v) is 3.97. The Hall–Kier alpha value is -1.95. The standard InChI is InChI=1S/C15H22N6/c1-12(13-9-18-20(2)10-13)19-14-5-3-8-21(11-14)15-16-6-4-7-17-15/h4,6-7,9-10,12,14,19H,3,5,8,11H2,1-2H3. The summed E-state index contributed by atoms with van der Waals surface area (Å²) in [5.74, 6) is 0.832. The summed E-state index contributed by atoms with van der Waals surface area (Å²) in [5, 5.41) is 7.94. The van der Waals surface area contributed by atoms with Gasteiger partial charge < -0.3 is 10.2 Å². The molecule has 2 aromatic heterocycles. The van der Waals surface area contributed by atoms with Gasteiger partial charge in [0, 0.05) is 56.4 Å². The van der Waals surface area contributed by atoms with Gasteiger partial charge in [0.05, 0.1) is 6.20 Å². The van der Waals surface area contributed by atoms with Gasteiger partial charge in [-0.1, -0.05) is 0 Å². The van der Waals surface area contributed by atoms with E-state index in [9.17, 15) is 0 Å². The number of nitrogens with zero attached hydrogens (tertiary/aromatic N) is 5. The number of nitrogens with one attached hydrogen (secondary N) is 1. The third kappa shape index (κ3) is 3.39. The van der Waals surface area contributed by atoms with Gasteiger partial charge in [-0.3, -0.25) is 4.68 Å². The van der Waals surface area contributed by atoms with E-state index in [0.717, 1.165) is 25.5 Å². The highest BCUT2D eigenvalue weighted by Gasteiger charge is 2.23. The summed E-state index contributed by atoms with van der Waals surface area (Å²) in [5.41, 5.74) is 1.23. The molecule has 1 aliphatic heterocycles. The minimum absolute atomic E-state index is 0.306. The van der Waals surface area contributed by atoms with Gasteiger partial charge in [0.15, 0.2) is 0 Å². The van der Waals surface area contributed by atoms with Crippen LogP contribution in [0.25, 0.3) is 0 Å². The lowest BCUT2D eigenvalue weighted by molar-refractivity contribution is 0.386. The maximum Gasteiger partial charge on any atom is 0.225 e. The van der Waals surface area contributed by atoms with Crippen LogP contribution in [0.1, 0.15) is 31.4 Å². The molecule has 6 heteroatoms. The van der Waals surface area contributed by atoms with Crippen LogP contribution in [0.4, 0.5) is 5.95 Å². The van der Waals surface area contributed by atoms with Gasteiger partial charge in [-0.25, -0.2) is 9.97 Å². The number of piperidine rings is 1. The third-order valence-electron chi connectivity index (χ3n) is 3.97. The van der Waals surface area contributed by atoms with E-state index in [4.69, 9.17) is 0 Å². The molecule has 112 valence electrons. The zero-order valence-electron chi connectivity index (χ0n) is 12.6. The molecule has 2 atom stereocenters. The molecule has 6 nitrogen and oxygen atoms in total. The van der Waals surface area contributed by atoms with Crippen LogP contribution in [0.5, 0.6) is 0 Å². The minimum Gasteiger partial charge on any atom is -0.339 e. The maximum atomic E-state index is 4.35. The first-order valence-corrected chi connectivity index (χ1v) is 7.49.